The van der Waals surface area contributed by atoms with Gasteiger partial charge in [-0.05, 0) is 13.0 Å². The van der Waals surface area contributed by atoms with E-state index < -0.39 is 4.92 Å². The minimum atomic E-state index is -0.526. The van der Waals surface area contributed by atoms with Crippen LogP contribution >= 0.6 is 0 Å². The Morgan fingerprint density at radius 1 is 1.50 bits per heavy atom. The SMILES string of the molecule is CCN(C)C(=O)Nc1ccccc1[N+](=O)[O-]. The Hall–Kier alpha value is -2.11. The zero-order valence-corrected chi connectivity index (χ0v) is 9.14. The predicted octanol–water partition coefficient (Wildman–Crippen LogP) is 2.08. The minimum Gasteiger partial charge on any atom is -0.328 e. The number of para-hydroxylation sites is 2. The molecule has 1 N–H and O–H groups in total. The van der Waals surface area contributed by atoms with Gasteiger partial charge in [0.25, 0.3) is 5.69 Å². The number of anilines is 1. The second-order valence-corrected chi connectivity index (χ2v) is 3.22. The number of benzene rings is 1. The molecule has 0 saturated heterocycles. The monoisotopic (exact) mass is 223 g/mol. The van der Waals surface area contributed by atoms with Gasteiger partial charge in [0.1, 0.15) is 5.69 Å². The summed E-state index contributed by atoms with van der Waals surface area (Å²) in [6.45, 7) is 2.35. The lowest BCUT2D eigenvalue weighted by Crippen LogP contribution is -2.31. The molecule has 6 heteroatoms. The fourth-order valence-corrected chi connectivity index (χ4v) is 1.09. The summed E-state index contributed by atoms with van der Waals surface area (Å²) >= 11 is 0. The average molecular weight is 223 g/mol. The van der Waals surface area contributed by atoms with E-state index in [0.29, 0.717) is 6.54 Å². The molecule has 0 atom stereocenters. The van der Waals surface area contributed by atoms with Crippen molar-refractivity contribution in [2.75, 3.05) is 18.9 Å². The largest absolute Gasteiger partial charge is 0.328 e. The third kappa shape index (κ3) is 2.69. The summed E-state index contributed by atoms with van der Waals surface area (Å²) in [5, 5.41) is 13.2. The normalized spacial score (nSPS) is 9.62. The molecule has 86 valence electrons. The number of urea groups is 1. The lowest BCUT2D eigenvalue weighted by atomic mass is 10.3. The zero-order chi connectivity index (χ0) is 12.1. The molecule has 0 radical (unpaired) electrons. The molecule has 2 amide bonds. The molecule has 0 aliphatic heterocycles. The average Bonchev–Trinajstić information content (AvgIpc) is 2.28. The summed E-state index contributed by atoms with van der Waals surface area (Å²) < 4.78 is 0. The maximum Gasteiger partial charge on any atom is 0.321 e. The molecule has 1 aromatic rings. The molecule has 0 aliphatic rings. The van der Waals surface area contributed by atoms with E-state index in [0.717, 1.165) is 0 Å². The van der Waals surface area contributed by atoms with E-state index in [1.165, 1.54) is 17.0 Å². The fraction of sp³-hybridized carbons (Fsp3) is 0.300. The van der Waals surface area contributed by atoms with Crippen molar-refractivity contribution < 1.29 is 9.72 Å². The van der Waals surface area contributed by atoms with Gasteiger partial charge < -0.3 is 10.2 Å². The Bertz CT molecular complexity index is 406. The number of rotatable bonds is 3. The first-order chi connectivity index (χ1) is 7.56. The molecule has 0 unspecified atom stereocenters. The molecule has 0 aromatic heterocycles. The molecular weight excluding hydrogens is 210 g/mol. The van der Waals surface area contributed by atoms with Gasteiger partial charge in [0.05, 0.1) is 4.92 Å². The highest BCUT2D eigenvalue weighted by Crippen LogP contribution is 2.23. The molecule has 0 aliphatic carbocycles. The van der Waals surface area contributed by atoms with E-state index in [4.69, 9.17) is 0 Å². The van der Waals surface area contributed by atoms with Crippen molar-refractivity contribution in [2.45, 2.75) is 6.92 Å². The number of nitrogens with zero attached hydrogens (tertiary/aromatic N) is 2. The van der Waals surface area contributed by atoms with Gasteiger partial charge in [-0.15, -0.1) is 0 Å². The summed E-state index contributed by atoms with van der Waals surface area (Å²) in [5.41, 5.74) is 0.0955. The van der Waals surface area contributed by atoms with Crippen LogP contribution in [-0.4, -0.2) is 29.4 Å². The number of nitro benzene ring substituents is 1. The van der Waals surface area contributed by atoms with Gasteiger partial charge >= 0.3 is 6.03 Å². The van der Waals surface area contributed by atoms with Gasteiger partial charge in [-0.3, -0.25) is 10.1 Å². The number of hydrogen-bond acceptors (Lipinski definition) is 3. The van der Waals surface area contributed by atoms with Crippen molar-refractivity contribution in [3.05, 3.63) is 34.4 Å². The summed E-state index contributed by atoms with van der Waals surface area (Å²) in [7, 11) is 1.62. The first-order valence-electron chi connectivity index (χ1n) is 4.81. The number of amides is 2. The van der Waals surface area contributed by atoms with E-state index >= 15 is 0 Å². The Labute approximate surface area is 93.0 Å². The Kier molecular flexibility index (Phi) is 3.82. The molecule has 0 fully saturated rings. The van der Waals surface area contributed by atoms with Gasteiger partial charge in [0, 0.05) is 19.7 Å². The van der Waals surface area contributed by atoms with E-state index in [1.807, 2.05) is 6.92 Å². The summed E-state index contributed by atoms with van der Waals surface area (Å²) in [4.78, 5) is 23.1. The molecule has 0 saturated carbocycles. The number of nitro groups is 1. The molecule has 16 heavy (non-hydrogen) atoms. The quantitative estimate of drug-likeness (QED) is 0.629. The molecular formula is C10H13N3O3. The van der Waals surface area contributed by atoms with E-state index in [2.05, 4.69) is 5.32 Å². The van der Waals surface area contributed by atoms with Gasteiger partial charge in [0.15, 0.2) is 0 Å². The van der Waals surface area contributed by atoms with Crippen molar-refractivity contribution >= 4 is 17.4 Å². The second kappa shape index (κ2) is 5.11. The fourth-order valence-electron chi connectivity index (χ4n) is 1.09. The first-order valence-corrected chi connectivity index (χ1v) is 4.81. The molecule has 0 bridgehead atoms. The van der Waals surface area contributed by atoms with E-state index in [-0.39, 0.29) is 17.4 Å². The maximum atomic E-state index is 11.5. The van der Waals surface area contributed by atoms with E-state index in [9.17, 15) is 14.9 Å². The van der Waals surface area contributed by atoms with Crippen molar-refractivity contribution in [2.24, 2.45) is 0 Å². The lowest BCUT2D eigenvalue weighted by molar-refractivity contribution is -0.383. The van der Waals surface area contributed by atoms with Crippen LogP contribution in [0.25, 0.3) is 0 Å². The van der Waals surface area contributed by atoms with Crippen molar-refractivity contribution in [3.8, 4) is 0 Å². The van der Waals surface area contributed by atoms with Crippen molar-refractivity contribution in [3.63, 3.8) is 0 Å². The highest BCUT2D eigenvalue weighted by Gasteiger charge is 2.15. The van der Waals surface area contributed by atoms with Crippen LogP contribution in [0.15, 0.2) is 24.3 Å². The number of nitrogens with one attached hydrogen (secondary N) is 1. The summed E-state index contributed by atoms with van der Waals surface area (Å²) in [6.07, 6.45) is 0. The molecule has 1 rings (SSSR count). The van der Waals surface area contributed by atoms with Gasteiger partial charge in [-0.2, -0.15) is 0 Å². The van der Waals surface area contributed by atoms with Crippen LogP contribution in [0.3, 0.4) is 0 Å². The van der Waals surface area contributed by atoms with E-state index in [1.54, 1.807) is 19.2 Å². The topological polar surface area (TPSA) is 75.5 Å². The van der Waals surface area contributed by atoms with Crippen LogP contribution in [0.5, 0.6) is 0 Å². The Morgan fingerprint density at radius 3 is 2.69 bits per heavy atom. The van der Waals surface area contributed by atoms with Gasteiger partial charge in [-0.1, -0.05) is 12.1 Å². The van der Waals surface area contributed by atoms with Gasteiger partial charge in [-0.25, -0.2) is 4.79 Å². The third-order valence-electron chi connectivity index (χ3n) is 2.16. The minimum absolute atomic E-state index is 0.111. The number of carbonyl (C=O) groups is 1. The zero-order valence-electron chi connectivity index (χ0n) is 9.14. The van der Waals surface area contributed by atoms with Gasteiger partial charge in [0.2, 0.25) is 0 Å². The Balaban J connectivity index is 2.89. The second-order valence-electron chi connectivity index (χ2n) is 3.22. The van der Waals surface area contributed by atoms with Crippen LogP contribution in [0.2, 0.25) is 0 Å². The van der Waals surface area contributed by atoms with Crippen LogP contribution in [0.1, 0.15) is 6.92 Å². The van der Waals surface area contributed by atoms with Crippen LogP contribution in [-0.2, 0) is 0 Å². The highest BCUT2D eigenvalue weighted by atomic mass is 16.6. The molecule has 0 heterocycles. The lowest BCUT2D eigenvalue weighted by Gasteiger charge is -2.15. The first kappa shape index (κ1) is 12.0. The number of hydrogen-bond donors (Lipinski definition) is 1. The van der Waals surface area contributed by atoms with Crippen LogP contribution in [0.4, 0.5) is 16.2 Å². The van der Waals surface area contributed by atoms with Crippen LogP contribution < -0.4 is 5.32 Å². The van der Waals surface area contributed by atoms with Crippen molar-refractivity contribution in [1.29, 1.82) is 0 Å². The molecule has 1 aromatic carbocycles. The number of carbonyl (C=O) groups excluding carboxylic acids is 1. The smallest absolute Gasteiger partial charge is 0.321 e. The molecule has 0 spiro atoms. The predicted molar refractivity (Wildman–Crippen MR) is 60.4 cm³/mol. The summed E-state index contributed by atoms with van der Waals surface area (Å²) in [6, 6.07) is 5.67. The van der Waals surface area contributed by atoms with Crippen molar-refractivity contribution in [1.82, 2.24) is 4.90 Å². The maximum absolute atomic E-state index is 11.5. The molecule has 6 nitrogen and oxygen atoms in total. The Morgan fingerprint density at radius 2 is 2.12 bits per heavy atom. The highest BCUT2D eigenvalue weighted by molar-refractivity contribution is 5.91. The van der Waals surface area contributed by atoms with Crippen LogP contribution in [0, 0.1) is 10.1 Å². The third-order valence-corrected chi connectivity index (χ3v) is 2.16. The standard InChI is InChI=1S/C10H13N3O3/c1-3-12(2)10(14)11-8-6-4-5-7-9(8)13(15)16/h4-7H,3H2,1-2H3,(H,11,14). The summed E-state index contributed by atoms with van der Waals surface area (Å²) in [5.74, 6) is 0.